The number of rotatable bonds is 4. The lowest BCUT2D eigenvalue weighted by Gasteiger charge is -2.13. The van der Waals surface area contributed by atoms with Crippen molar-refractivity contribution in [1.29, 1.82) is 0 Å². The van der Waals surface area contributed by atoms with Gasteiger partial charge in [-0.2, -0.15) is 5.10 Å². The van der Waals surface area contributed by atoms with Gasteiger partial charge in [-0.3, -0.25) is 9.48 Å². The van der Waals surface area contributed by atoms with E-state index >= 15 is 0 Å². The molecule has 0 aliphatic heterocycles. The third-order valence-electron chi connectivity index (χ3n) is 3.11. The summed E-state index contributed by atoms with van der Waals surface area (Å²) in [5.41, 5.74) is 2.56. The number of nitrogens with zero attached hydrogens (tertiary/aromatic N) is 2. The van der Waals surface area contributed by atoms with E-state index in [1.54, 1.807) is 12.1 Å². The lowest BCUT2D eigenvalue weighted by Crippen LogP contribution is -2.25. The van der Waals surface area contributed by atoms with Crippen molar-refractivity contribution in [2.24, 2.45) is 5.92 Å². The summed E-state index contributed by atoms with van der Waals surface area (Å²) in [6.45, 7) is 6.25. The van der Waals surface area contributed by atoms with Gasteiger partial charge in [-0.1, -0.05) is 6.92 Å². The number of carbonyl (C=O) groups excluding carboxylic acids is 1. The molecule has 0 saturated carbocycles. The van der Waals surface area contributed by atoms with Crippen molar-refractivity contribution < 1.29 is 9.18 Å². The Morgan fingerprint density at radius 3 is 2.55 bits per heavy atom. The second kappa shape index (κ2) is 5.86. The minimum absolute atomic E-state index is 0.107. The molecule has 0 bridgehead atoms. The van der Waals surface area contributed by atoms with Crippen molar-refractivity contribution in [3.8, 4) is 0 Å². The van der Waals surface area contributed by atoms with E-state index in [1.165, 1.54) is 12.1 Å². The van der Waals surface area contributed by atoms with Crippen molar-refractivity contribution in [2.45, 2.75) is 27.3 Å². The number of hydrogen-bond acceptors (Lipinski definition) is 2. The molecule has 0 saturated heterocycles. The molecule has 1 atom stereocenters. The number of anilines is 1. The van der Waals surface area contributed by atoms with E-state index in [9.17, 15) is 9.18 Å². The van der Waals surface area contributed by atoms with E-state index < -0.39 is 0 Å². The molecule has 1 heterocycles. The van der Waals surface area contributed by atoms with Crippen LogP contribution in [0.3, 0.4) is 0 Å². The number of aromatic nitrogens is 2. The second-order valence-corrected chi connectivity index (χ2v) is 5.01. The lowest BCUT2D eigenvalue weighted by atomic mass is 10.1. The standard InChI is InChI=1S/C15H18FN3O/c1-10(9-19-12(3)8-11(2)18-19)15(20)17-14-6-4-13(16)5-7-14/h4-8,10H,9H2,1-3H3,(H,17,20)/t10-/m1/s1. The van der Waals surface area contributed by atoms with Crippen LogP contribution in [0.15, 0.2) is 30.3 Å². The lowest BCUT2D eigenvalue weighted by molar-refractivity contribution is -0.119. The predicted molar refractivity (Wildman–Crippen MR) is 75.9 cm³/mol. The number of nitrogens with one attached hydrogen (secondary N) is 1. The minimum atomic E-state index is -0.321. The average molecular weight is 275 g/mol. The number of amides is 1. The SMILES string of the molecule is Cc1cc(C)n(C[C@@H](C)C(=O)Nc2ccc(F)cc2)n1. The number of hydrogen-bond donors (Lipinski definition) is 1. The summed E-state index contributed by atoms with van der Waals surface area (Å²) in [4.78, 5) is 12.1. The molecule has 0 aliphatic carbocycles. The molecule has 1 aromatic carbocycles. The quantitative estimate of drug-likeness (QED) is 0.932. The molecule has 2 rings (SSSR count). The Morgan fingerprint density at radius 2 is 2.00 bits per heavy atom. The van der Waals surface area contributed by atoms with E-state index in [4.69, 9.17) is 0 Å². The third-order valence-corrected chi connectivity index (χ3v) is 3.11. The van der Waals surface area contributed by atoms with Gasteiger partial charge in [-0.25, -0.2) is 4.39 Å². The molecule has 0 fully saturated rings. The van der Waals surface area contributed by atoms with Gasteiger partial charge >= 0.3 is 0 Å². The Morgan fingerprint density at radius 1 is 1.35 bits per heavy atom. The van der Waals surface area contributed by atoms with Crippen molar-refractivity contribution in [1.82, 2.24) is 9.78 Å². The van der Waals surface area contributed by atoms with E-state index in [1.807, 2.05) is 31.5 Å². The molecular formula is C15H18FN3O. The van der Waals surface area contributed by atoms with Crippen LogP contribution in [0.2, 0.25) is 0 Å². The first-order valence-corrected chi connectivity index (χ1v) is 6.53. The van der Waals surface area contributed by atoms with Gasteiger partial charge in [0.15, 0.2) is 0 Å². The number of benzene rings is 1. The zero-order valence-electron chi connectivity index (χ0n) is 11.9. The topological polar surface area (TPSA) is 46.9 Å². The maximum Gasteiger partial charge on any atom is 0.229 e. The Kier molecular flexibility index (Phi) is 4.17. The maximum absolute atomic E-state index is 12.8. The van der Waals surface area contributed by atoms with Gasteiger partial charge in [-0.15, -0.1) is 0 Å². The highest BCUT2D eigenvalue weighted by atomic mass is 19.1. The fourth-order valence-corrected chi connectivity index (χ4v) is 2.00. The van der Waals surface area contributed by atoms with E-state index in [0.717, 1.165) is 11.4 Å². The highest BCUT2D eigenvalue weighted by Crippen LogP contribution is 2.12. The van der Waals surface area contributed by atoms with Gasteiger partial charge in [0, 0.05) is 11.4 Å². The van der Waals surface area contributed by atoms with Crippen LogP contribution in [-0.4, -0.2) is 15.7 Å². The number of carbonyl (C=O) groups is 1. The van der Waals surface area contributed by atoms with Crippen LogP contribution in [0.25, 0.3) is 0 Å². The van der Waals surface area contributed by atoms with Crippen LogP contribution < -0.4 is 5.32 Å². The molecule has 0 spiro atoms. The summed E-state index contributed by atoms with van der Waals surface area (Å²) in [6.07, 6.45) is 0. The molecule has 1 N–H and O–H groups in total. The Balaban J connectivity index is 1.98. The molecule has 2 aromatic rings. The molecule has 106 valence electrons. The van der Waals surface area contributed by atoms with Crippen LogP contribution in [0.5, 0.6) is 0 Å². The fraction of sp³-hybridized carbons (Fsp3) is 0.333. The monoisotopic (exact) mass is 275 g/mol. The second-order valence-electron chi connectivity index (χ2n) is 5.01. The summed E-state index contributed by atoms with van der Waals surface area (Å²) in [6, 6.07) is 7.71. The van der Waals surface area contributed by atoms with E-state index in [0.29, 0.717) is 12.2 Å². The molecule has 5 heteroatoms. The molecule has 4 nitrogen and oxygen atoms in total. The van der Waals surface area contributed by atoms with Crippen LogP contribution >= 0.6 is 0 Å². The Hall–Kier alpha value is -2.17. The Bertz CT molecular complexity index is 604. The highest BCUT2D eigenvalue weighted by molar-refractivity contribution is 5.92. The van der Waals surface area contributed by atoms with Crippen molar-refractivity contribution >= 4 is 11.6 Å². The van der Waals surface area contributed by atoms with Crippen molar-refractivity contribution in [3.05, 3.63) is 47.5 Å². The first kappa shape index (κ1) is 14.2. The van der Waals surface area contributed by atoms with Gasteiger partial charge in [0.05, 0.1) is 18.2 Å². The molecule has 1 amide bonds. The summed E-state index contributed by atoms with van der Waals surface area (Å²) >= 11 is 0. The molecular weight excluding hydrogens is 257 g/mol. The van der Waals surface area contributed by atoms with E-state index in [2.05, 4.69) is 10.4 Å². The van der Waals surface area contributed by atoms with Crippen molar-refractivity contribution in [3.63, 3.8) is 0 Å². The fourth-order valence-electron chi connectivity index (χ4n) is 2.00. The summed E-state index contributed by atoms with van der Waals surface area (Å²) in [7, 11) is 0. The molecule has 0 unspecified atom stereocenters. The largest absolute Gasteiger partial charge is 0.326 e. The van der Waals surface area contributed by atoms with Gasteiger partial charge in [0.1, 0.15) is 5.82 Å². The summed E-state index contributed by atoms with van der Waals surface area (Å²) in [5, 5.41) is 7.11. The molecule has 0 aliphatic rings. The van der Waals surface area contributed by atoms with Gasteiger partial charge in [0.2, 0.25) is 5.91 Å². The molecule has 1 aromatic heterocycles. The van der Waals surface area contributed by atoms with Crippen LogP contribution in [0.4, 0.5) is 10.1 Å². The highest BCUT2D eigenvalue weighted by Gasteiger charge is 2.15. The maximum atomic E-state index is 12.8. The molecule has 20 heavy (non-hydrogen) atoms. The van der Waals surface area contributed by atoms with E-state index in [-0.39, 0.29) is 17.6 Å². The smallest absolute Gasteiger partial charge is 0.229 e. The van der Waals surface area contributed by atoms with Crippen LogP contribution in [0.1, 0.15) is 18.3 Å². The zero-order chi connectivity index (χ0) is 14.7. The Labute approximate surface area is 117 Å². The number of aryl methyl sites for hydroxylation is 2. The van der Waals surface area contributed by atoms with Gasteiger partial charge in [0.25, 0.3) is 0 Å². The summed E-state index contributed by atoms with van der Waals surface area (Å²) < 4.78 is 14.6. The first-order chi connectivity index (χ1) is 9.45. The van der Waals surface area contributed by atoms with Gasteiger partial charge in [-0.05, 0) is 44.2 Å². The predicted octanol–water partition coefficient (Wildman–Crippen LogP) is 2.91. The normalized spacial score (nSPS) is 12.2. The van der Waals surface area contributed by atoms with Crippen LogP contribution in [0, 0.1) is 25.6 Å². The average Bonchev–Trinajstić information content (AvgIpc) is 2.70. The first-order valence-electron chi connectivity index (χ1n) is 6.53. The van der Waals surface area contributed by atoms with Gasteiger partial charge < -0.3 is 5.32 Å². The summed E-state index contributed by atoms with van der Waals surface area (Å²) in [5.74, 6) is -0.652. The third kappa shape index (κ3) is 3.44. The minimum Gasteiger partial charge on any atom is -0.326 e. The van der Waals surface area contributed by atoms with Crippen molar-refractivity contribution in [2.75, 3.05) is 5.32 Å². The molecule has 0 radical (unpaired) electrons. The number of halogens is 1. The zero-order valence-corrected chi connectivity index (χ0v) is 11.9. The van der Waals surface area contributed by atoms with Crippen LogP contribution in [-0.2, 0) is 11.3 Å².